The Bertz CT molecular complexity index is 1250. The van der Waals surface area contributed by atoms with E-state index in [2.05, 4.69) is 0 Å². The van der Waals surface area contributed by atoms with E-state index in [1.54, 1.807) is 47.4 Å². The number of carboxylic acids is 1. The Morgan fingerprint density at radius 1 is 1.03 bits per heavy atom. The molecule has 0 saturated carbocycles. The van der Waals surface area contributed by atoms with Gasteiger partial charge in [0.05, 0.1) is 12.2 Å². The summed E-state index contributed by atoms with van der Waals surface area (Å²) in [6.45, 7) is 0.0786. The van der Waals surface area contributed by atoms with E-state index in [1.807, 2.05) is 24.3 Å². The number of fused-ring (bicyclic) bond motifs is 1. The molecule has 186 valence electrons. The molecule has 3 aromatic carbocycles. The summed E-state index contributed by atoms with van der Waals surface area (Å²) in [7, 11) is 0. The van der Waals surface area contributed by atoms with Crippen LogP contribution in [0.4, 0.5) is 10.5 Å². The summed E-state index contributed by atoms with van der Waals surface area (Å²) < 4.78 is 16.5. The number of amides is 2. The Kier molecular flexibility index (Phi) is 7.92. The van der Waals surface area contributed by atoms with Gasteiger partial charge in [-0.15, -0.1) is 0 Å². The Morgan fingerprint density at radius 2 is 1.81 bits per heavy atom. The van der Waals surface area contributed by atoms with E-state index in [1.165, 1.54) is 6.07 Å². The van der Waals surface area contributed by atoms with Gasteiger partial charge in [-0.25, -0.2) is 4.79 Å². The lowest BCUT2D eigenvalue weighted by Crippen LogP contribution is -2.41. The predicted octanol–water partition coefficient (Wildman–Crippen LogP) is 4.23. The third-order valence-corrected chi connectivity index (χ3v) is 5.51. The van der Waals surface area contributed by atoms with Crippen LogP contribution in [-0.2, 0) is 16.1 Å². The maximum Gasteiger partial charge on any atom is 0.416 e. The summed E-state index contributed by atoms with van der Waals surface area (Å²) in [6.07, 6.45) is -0.810. The van der Waals surface area contributed by atoms with Crippen molar-refractivity contribution < 1.29 is 33.7 Å². The molecule has 0 aliphatic carbocycles. The van der Waals surface area contributed by atoms with Gasteiger partial charge in [0.25, 0.3) is 5.91 Å². The van der Waals surface area contributed by atoms with E-state index < -0.39 is 18.6 Å². The number of ether oxygens (including phenoxy) is 3. The highest BCUT2D eigenvalue weighted by Gasteiger charge is 2.25. The summed E-state index contributed by atoms with van der Waals surface area (Å²) in [5.41, 5.74) is 1.39. The lowest BCUT2D eigenvalue weighted by atomic mass is 10.2. The average molecular weight is 511 g/mol. The number of carbonyl (C=O) groups is 3. The number of halogens is 1. The second kappa shape index (κ2) is 11.5. The fourth-order valence-corrected chi connectivity index (χ4v) is 3.79. The maximum absolute atomic E-state index is 12.6. The molecule has 0 radical (unpaired) electrons. The van der Waals surface area contributed by atoms with Crippen LogP contribution in [-0.4, -0.2) is 54.3 Å². The van der Waals surface area contributed by atoms with Gasteiger partial charge >= 0.3 is 12.1 Å². The normalized spacial score (nSPS) is 12.4. The van der Waals surface area contributed by atoms with Gasteiger partial charge in [-0.2, -0.15) is 0 Å². The molecule has 0 atom stereocenters. The van der Waals surface area contributed by atoms with Gasteiger partial charge in [0.15, 0.2) is 6.61 Å². The molecular weight excluding hydrogens is 488 g/mol. The second-order valence-electron chi connectivity index (χ2n) is 7.87. The second-order valence-corrected chi connectivity index (χ2v) is 8.31. The fraction of sp³-hybridized carbons (Fsp3) is 0.192. The van der Waals surface area contributed by atoms with Crippen molar-refractivity contribution in [2.45, 2.75) is 6.54 Å². The average Bonchev–Trinajstić information content (AvgIpc) is 2.85. The first kappa shape index (κ1) is 24.9. The summed E-state index contributed by atoms with van der Waals surface area (Å²) in [5.74, 6) is 0.126. The lowest BCUT2D eigenvalue weighted by molar-refractivity contribution is -0.138. The summed E-state index contributed by atoms with van der Waals surface area (Å²) >= 11 is 5.91. The van der Waals surface area contributed by atoms with Gasteiger partial charge < -0.3 is 24.2 Å². The zero-order chi connectivity index (χ0) is 25.5. The molecule has 36 heavy (non-hydrogen) atoms. The summed E-state index contributed by atoms with van der Waals surface area (Å²) in [6, 6.07) is 20.5. The zero-order valence-corrected chi connectivity index (χ0v) is 19.9. The number of anilines is 1. The molecule has 0 fully saturated rings. The Hall–Kier alpha value is -4.24. The smallest absolute Gasteiger partial charge is 0.416 e. The Balaban J connectivity index is 1.34. The van der Waals surface area contributed by atoms with Crippen molar-refractivity contribution in [2.75, 3.05) is 31.2 Å². The van der Waals surface area contributed by atoms with Gasteiger partial charge in [-0.3, -0.25) is 14.5 Å². The number of nitrogens with zero attached hydrogens (tertiary/aromatic N) is 2. The molecule has 0 bridgehead atoms. The molecule has 1 aliphatic rings. The number of aliphatic carboxylic acids is 1. The number of carboxylic acid groups (broad SMARTS) is 1. The largest absolute Gasteiger partial charge is 0.492 e. The van der Waals surface area contributed by atoms with Gasteiger partial charge in [-0.05, 0) is 48.0 Å². The molecule has 0 aromatic heterocycles. The molecule has 3 aromatic rings. The van der Waals surface area contributed by atoms with Gasteiger partial charge in [-0.1, -0.05) is 41.9 Å². The Morgan fingerprint density at radius 3 is 2.56 bits per heavy atom. The summed E-state index contributed by atoms with van der Waals surface area (Å²) in [4.78, 5) is 38.8. The topological polar surface area (TPSA) is 106 Å². The standard InChI is InChI=1S/C26H23ClN2O7/c27-19-4-3-5-21(14-19)36-26(33)28(16-25(31)32)15-18-8-10-20(11-9-18)34-13-12-29-22-6-1-2-7-23(22)35-17-24(29)30/h1-11,14H,12-13,15-17H2,(H,31,32). The van der Waals surface area contributed by atoms with Gasteiger partial charge in [0.2, 0.25) is 0 Å². The van der Waals surface area contributed by atoms with Gasteiger partial charge in [0.1, 0.15) is 30.4 Å². The molecule has 4 rings (SSSR count). The van der Waals surface area contributed by atoms with Crippen LogP contribution in [0.15, 0.2) is 72.8 Å². The van der Waals surface area contributed by atoms with Crippen molar-refractivity contribution in [3.63, 3.8) is 0 Å². The van der Waals surface area contributed by atoms with Crippen LogP contribution in [0.25, 0.3) is 0 Å². The number of benzene rings is 3. The van der Waals surface area contributed by atoms with Crippen molar-refractivity contribution in [1.29, 1.82) is 0 Å². The third-order valence-electron chi connectivity index (χ3n) is 5.27. The SMILES string of the molecule is O=C(O)CN(Cc1ccc(OCCN2C(=O)COc3ccccc32)cc1)C(=O)Oc1cccc(Cl)c1. The first-order valence-electron chi connectivity index (χ1n) is 11.1. The third kappa shape index (κ3) is 6.45. The first-order chi connectivity index (χ1) is 17.4. The minimum absolute atomic E-state index is 0.0156. The lowest BCUT2D eigenvalue weighted by Gasteiger charge is -2.29. The highest BCUT2D eigenvalue weighted by atomic mass is 35.5. The molecule has 0 saturated heterocycles. The Labute approximate surface area is 212 Å². The monoisotopic (exact) mass is 510 g/mol. The van der Waals surface area contributed by atoms with Crippen LogP contribution in [0.3, 0.4) is 0 Å². The van der Waals surface area contributed by atoms with Crippen molar-refractivity contribution in [3.8, 4) is 17.2 Å². The molecule has 9 nitrogen and oxygen atoms in total. The summed E-state index contributed by atoms with van der Waals surface area (Å²) in [5, 5.41) is 9.61. The number of para-hydroxylation sites is 2. The van der Waals surface area contributed by atoms with E-state index >= 15 is 0 Å². The van der Waals surface area contributed by atoms with Crippen LogP contribution in [0.2, 0.25) is 5.02 Å². The molecule has 1 N–H and O–H groups in total. The van der Waals surface area contributed by atoms with Crippen LogP contribution < -0.4 is 19.1 Å². The van der Waals surface area contributed by atoms with Crippen LogP contribution in [0.1, 0.15) is 5.56 Å². The molecule has 0 spiro atoms. The van der Waals surface area contributed by atoms with Crippen molar-refractivity contribution in [2.24, 2.45) is 0 Å². The van der Waals surface area contributed by atoms with E-state index in [4.69, 9.17) is 25.8 Å². The molecule has 1 aliphatic heterocycles. The maximum atomic E-state index is 12.6. The molecular formula is C26H23ClN2O7. The van der Waals surface area contributed by atoms with E-state index in [9.17, 15) is 19.5 Å². The molecule has 2 amide bonds. The van der Waals surface area contributed by atoms with E-state index in [-0.39, 0.29) is 31.4 Å². The first-order valence-corrected chi connectivity index (χ1v) is 11.4. The van der Waals surface area contributed by atoms with Crippen LogP contribution in [0.5, 0.6) is 17.2 Å². The number of hydrogen-bond acceptors (Lipinski definition) is 6. The van der Waals surface area contributed by atoms with Gasteiger partial charge in [0, 0.05) is 11.6 Å². The molecule has 0 unspecified atom stereocenters. The van der Waals surface area contributed by atoms with E-state index in [0.29, 0.717) is 34.3 Å². The zero-order valence-electron chi connectivity index (χ0n) is 19.1. The predicted molar refractivity (Wildman–Crippen MR) is 132 cm³/mol. The highest BCUT2D eigenvalue weighted by molar-refractivity contribution is 6.30. The van der Waals surface area contributed by atoms with E-state index in [0.717, 1.165) is 4.90 Å². The van der Waals surface area contributed by atoms with Crippen LogP contribution in [0, 0.1) is 0 Å². The number of carbonyl (C=O) groups excluding carboxylic acids is 2. The highest BCUT2D eigenvalue weighted by Crippen LogP contribution is 2.31. The minimum Gasteiger partial charge on any atom is -0.492 e. The quantitative estimate of drug-likeness (QED) is 0.459. The number of hydrogen-bond donors (Lipinski definition) is 1. The molecule has 10 heteroatoms. The minimum atomic E-state index is -1.17. The molecule has 1 heterocycles. The fourth-order valence-electron chi connectivity index (χ4n) is 3.61. The van der Waals surface area contributed by atoms with Crippen molar-refractivity contribution in [3.05, 3.63) is 83.4 Å². The van der Waals surface area contributed by atoms with Crippen molar-refractivity contribution in [1.82, 2.24) is 4.90 Å². The van der Waals surface area contributed by atoms with Crippen LogP contribution >= 0.6 is 11.6 Å². The number of rotatable bonds is 9. The van der Waals surface area contributed by atoms with Crippen molar-refractivity contribution >= 4 is 35.3 Å².